The number of nitrogens with zero attached hydrogens (tertiary/aromatic N) is 1. The summed E-state index contributed by atoms with van der Waals surface area (Å²) in [6.07, 6.45) is 0.685. The predicted molar refractivity (Wildman–Crippen MR) is 82.5 cm³/mol. The van der Waals surface area contributed by atoms with E-state index in [2.05, 4.69) is 25.7 Å². The molecule has 116 valence electrons. The molecular weight excluding hydrogens is 267 g/mol. The number of carbonyl (C=O) groups excluding carboxylic acids is 1. The first-order valence-corrected chi connectivity index (χ1v) is 7.50. The highest BCUT2D eigenvalue weighted by Gasteiger charge is 2.38. The van der Waals surface area contributed by atoms with Crippen molar-refractivity contribution in [2.24, 2.45) is 11.7 Å². The molecule has 1 aromatic carbocycles. The maximum absolute atomic E-state index is 14.3. The Morgan fingerprint density at radius 3 is 2.57 bits per heavy atom. The fourth-order valence-corrected chi connectivity index (χ4v) is 3.15. The molecule has 1 amide bonds. The van der Waals surface area contributed by atoms with E-state index in [1.807, 2.05) is 13.0 Å². The van der Waals surface area contributed by atoms with Crippen molar-refractivity contribution in [3.63, 3.8) is 0 Å². The summed E-state index contributed by atoms with van der Waals surface area (Å²) in [5.41, 5.74) is 7.05. The largest absolute Gasteiger partial charge is 0.369 e. The third kappa shape index (κ3) is 3.43. The summed E-state index contributed by atoms with van der Waals surface area (Å²) < 4.78 is 14.3. The fraction of sp³-hybridized carbons (Fsp3) is 0.588. The SMILES string of the molecule is Cc1ccc([C@@H]2CN(C(C)(C)C)CC[C@H]2C(N)=O)c(F)c1. The standard InChI is InChI=1S/C17H25FN2O/c1-11-5-6-12(15(18)9-11)14-10-20(17(2,3)4)8-7-13(14)16(19)21/h5-6,9,13-14H,7-8,10H2,1-4H3,(H2,19,21)/t13-,14+/m1/s1. The number of hydrogen-bond donors (Lipinski definition) is 1. The van der Waals surface area contributed by atoms with Gasteiger partial charge in [-0.05, 0) is 57.9 Å². The van der Waals surface area contributed by atoms with Crippen LogP contribution in [-0.2, 0) is 4.79 Å². The lowest BCUT2D eigenvalue weighted by Gasteiger charge is -2.44. The van der Waals surface area contributed by atoms with E-state index in [0.717, 1.165) is 12.1 Å². The van der Waals surface area contributed by atoms with Crippen LogP contribution in [0.5, 0.6) is 0 Å². The second kappa shape index (κ2) is 5.76. The van der Waals surface area contributed by atoms with Gasteiger partial charge < -0.3 is 5.73 Å². The van der Waals surface area contributed by atoms with Crippen LogP contribution in [0.3, 0.4) is 0 Å². The number of likely N-dealkylation sites (tertiary alicyclic amines) is 1. The number of rotatable bonds is 2. The molecule has 0 bridgehead atoms. The van der Waals surface area contributed by atoms with Crippen molar-refractivity contribution in [1.82, 2.24) is 4.90 Å². The Hall–Kier alpha value is -1.42. The third-order valence-electron chi connectivity index (χ3n) is 4.48. The summed E-state index contributed by atoms with van der Waals surface area (Å²) in [4.78, 5) is 14.1. The van der Waals surface area contributed by atoms with E-state index in [9.17, 15) is 9.18 Å². The van der Waals surface area contributed by atoms with Crippen LogP contribution >= 0.6 is 0 Å². The molecule has 0 saturated carbocycles. The molecule has 1 heterocycles. The maximum Gasteiger partial charge on any atom is 0.221 e. The Morgan fingerprint density at radius 2 is 2.05 bits per heavy atom. The molecular formula is C17H25FN2O. The minimum Gasteiger partial charge on any atom is -0.369 e. The lowest BCUT2D eigenvalue weighted by molar-refractivity contribution is -0.124. The second-order valence-electron chi connectivity index (χ2n) is 7.05. The Bertz CT molecular complexity index is 536. The van der Waals surface area contributed by atoms with Crippen molar-refractivity contribution in [1.29, 1.82) is 0 Å². The van der Waals surface area contributed by atoms with Gasteiger partial charge in [-0.2, -0.15) is 0 Å². The van der Waals surface area contributed by atoms with E-state index >= 15 is 0 Å². The second-order valence-corrected chi connectivity index (χ2v) is 7.05. The summed E-state index contributed by atoms with van der Waals surface area (Å²) in [6, 6.07) is 5.23. The normalized spacial score (nSPS) is 24.0. The highest BCUT2D eigenvalue weighted by atomic mass is 19.1. The summed E-state index contributed by atoms with van der Waals surface area (Å²) in [6.45, 7) is 9.76. The van der Waals surface area contributed by atoms with Gasteiger partial charge in [0, 0.05) is 23.9 Å². The molecule has 0 radical (unpaired) electrons. The van der Waals surface area contributed by atoms with E-state index in [1.54, 1.807) is 6.07 Å². The van der Waals surface area contributed by atoms with Crippen LogP contribution in [0.2, 0.25) is 0 Å². The first-order valence-electron chi connectivity index (χ1n) is 7.50. The molecule has 1 fully saturated rings. The minimum absolute atomic E-state index is 0.00202. The lowest BCUT2D eigenvalue weighted by Crippen LogP contribution is -2.51. The number of carbonyl (C=O) groups is 1. The Kier molecular flexibility index (Phi) is 4.38. The molecule has 21 heavy (non-hydrogen) atoms. The van der Waals surface area contributed by atoms with Crippen LogP contribution in [0, 0.1) is 18.7 Å². The summed E-state index contributed by atoms with van der Waals surface area (Å²) in [5.74, 6) is -1.02. The molecule has 2 atom stereocenters. The molecule has 1 aliphatic rings. The molecule has 0 unspecified atom stereocenters. The topological polar surface area (TPSA) is 46.3 Å². The van der Waals surface area contributed by atoms with Gasteiger partial charge in [0.1, 0.15) is 5.82 Å². The average Bonchev–Trinajstić information content (AvgIpc) is 2.37. The van der Waals surface area contributed by atoms with Crippen molar-refractivity contribution >= 4 is 5.91 Å². The number of aryl methyl sites for hydroxylation is 1. The molecule has 2 N–H and O–H groups in total. The van der Waals surface area contributed by atoms with Gasteiger partial charge in [0.05, 0.1) is 0 Å². The highest BCUT2D eigenvalue weighted by molar-refractivity contribution is 5.78. The zero-order valence-corrected chi connectivity index (χ0v) is 13.3. The van der Waals surface area contributed by atoms with Crippen LogP contribution in [0.1, 0.15) is 44.2 Å². The number of nitrogens with two attached hydrogens (primary N) is 1. The molecule has 2 rings (SSSR count). The lowest BCUT2D eigenvalue weighted by atomic mass is 9.78. The molecule has 1 aliphatic heterocycles. The number of primary amides is 1. The highest BCUT2D eigenvalue weighted by Crippen LogP contribution is 2.36. The monoisotopic (exact) mass is 292 g/mol. The van der Waals surface area contributed by atoms with Gasteiger partial charge in [0.15, 0.2) is 0 Å². The molecule has 4 heteroatoms. The smallest absolute Gasteiger partial charge is 0.221 e. The van der Waals surface area contributed by atoms with Crippen molar-refractivity contribution in [2.45, 2.75) is 45.6 Å². The van der Waals surface area contributed by atoms with Gasteiger partial charge in [-0.3, -0.25) is 9.69 Å². The van der Waals surface area contributed by atoms with Crippen LogP contribution < -0.4 is 5.73 Å². The number of halogens is 1. The van der Waals surface area contributed by atoms with Crippen molar-refractivity contribution in [3.8, 4) is 0 Å². The van der Waals surface area contributed by atoms with Crippen molar-refractivity contribution < 1.29 is 9.18 Å². The average molecular weight is 292 g/mol. The van der Waals surface area contributed by atoms with Crippen molar-refractivity contribution in [3.05, 3.63) is 35.1 Å². The summed E-state index contributed by atoms with van der Waals surface area (Å²) in [5, 5.41) is 0. The molecule has 0 spiro atoms. The van der Waals surface area contributed by atoms with E-state index in [0.29, 0.717) is 18.5 Å². The summed E-state index contributed by atoms with van der Waals surface area (Å²) >= 11 is 0. The van der Waals surface area contributed by atoms with E-state index in [1.165, 1.54) is 6.07 Å². The molecule has 0 aromatic heterocycles. The molecule has 3 nitrogen and oxygen atoms in total. The zero-order valence-electron chi connectivity index (χ0n) is 13.3. The van der Waals surface area contributed by atoms with Crippen LogP contribution in [-0.4, -0.2) is 29.4 Å². The van der Waals surface area contributed by atoms with Crippen molar-refractivity contribution in [2.75, 3.05) is 13.1 Å². The van der Waals surface area contributed by atoms with Gasteiger partial charge >= 0.3 is 0 Å². The van der Waals surface area contributed by atoms with Crippen LogP contribution in [0.25, 0.3) is 0 Å². The minimum atomic E-state index is -0.325. The third-order valence-corrected chi connectivity index (χ3v) is 4.48. The fourth-order valence-electron chi connectivity index (χ4n) is 3.15. The first-order chi connectivity index (χ1) is 9.70. The maximum atomic E-state index is 14.3. The van der Waals surface area contributed by atoms with Gasteiger partial charge in [0.25, 0.3) is 0 Å². The van der Waals surface area contributed by atoms with Gasteiger partial charge in [0.2, 0.25) is 5.91 Å². The van der Waals surface area contributed by atoms with E-state index in [4.69, 9.17) is 5.73 Å². The van der Waals surface area contributed by atoms with E-state index < -0.39 is 0 Å². The van der Waals surface area contributed by atoms with Gasteiger partial charge in [-0.15, -0.1) is 0 Å². The molecule has 1 aromatic rings. The Morgan fingerprint density at radius 1 is 1.38 bits per heavy atom. The molecule has 1 saturated heterocycles. The molecule has 0 aliphatic carbocycles. The first kappa shape index (κ1) is 16.0. The number of benzene rings is 1. The predicted octanol–water partition coefficient (Wildman–Crippen LogP) is 2.82. The zero-order chi connectivity index (χ0) is 15.8. The Labute approximate surface area is 126 Å². The summed E-state index contributed by atoms with van der Waals surface area (Å²) in [7, 11) is 0. The van der Waals surface area contributed by atoms with E-state index in [-0.39, 0.29) is 29.1 Å². The van der Waals surface area contributed by atoms with Gasteiger partial charge in [-0.1, -0.05) is 12.1 Å². The number of amides is 1. The number of piperidine rings is 1. The Balaban J connectivity index is 2.36. The van der Waals surface area contributed by atoms with Crippen LogP contribution in [0.15, 0.2) is 18.2 Å². The quantitative estimate of drug-likeness (QED) is 0.911. The number of hydrogen-bond acceptors (Lipinski definition) is 2. The van der Waals surface area contributed by atoms with Crippen LogP contribution in [0.4, 0.5) is 4.39 Å². The van der Waals surface area contributed by atoms with Gasteiger partial charge in [-0.25, -0.2) is 4.39 Å².